The maximum Gasteiger partial charge on any atom is 0.241 e. The summed E-state index contributed by atoms with van der Waals surface area (Å²) in [7, 11) is -1.60. The number of hydrogen-bond donors (Lipinski definition) is 2. The normalized spacial score (nSPS) is 18.4. The van der Waals surface area contributed by atoms with Gasteiger partial charge in [-0.15, -0.1) is 0 Å². The van der Waals surface area contributed by atoms with Crippen LogP contribution in [0.1, 0.15) is 43.7 Å². The molecule has 2 N–H and O–H groups in total. The van der Waals surface area contributed by atoms with Crippen LogP contribution in [0.5, 0.6) is 0 Å². The summed E-state index contributed by atoms with van der Waals surface area (Å²) in [5, 5.41) is 3.05. The zero-order valence-corrected chi connectivity index (χ0v) is 13.3. The average molecular weight is 296 g/mol. The number of hydrogen-bond acceptors (Lipinski definition) is 3. The molecule has 1 aromatic rings. The number of benzene rings is 1. The summed E-state index contributed by atoms with van der Waals surface area (Å²) < 4.78 is 28.2. The fourth-order valence-electron chi connectivity index (χ4n) is 2.88. The SMILES string of the molecule is CNCc1ccc(C)c(S(=O)(=O)NC2(C)CCCC2)c1. The van der Waals surface area contributed by atoms with Crippen molar-refractivity contribution < 1.29 is 8.42 Å². The molecule has 1 saturated carbocycles. The van der Waals surface area contributed by atoms with Gasteiger partial charge in [0.15, 0.2) is 0 Å². The average Bonchev–Trinajstić information content (AvgIpc) is 2.77. The molecule has 1 aromatic carbocycles. The van der Waals surface area contributed by atoms with Gasteiger partial charge in [0.1, 0.15) is 0 Å². The molecule has 0 spiro atoms. The fraction of sp³-hybridized carbons (Fsp3) is 0.600. The number of sulfonamides is 1. The Balaban J connectivity index is 2.31. The van der Waals surface area contributed by atoms with E-state index in [1.165, 1.54) is 0 Å². The van der Waals surface area contributed by atoms with Gasteiger partial charge in [-0.25, -0.2) is 13.1 Å². The standard InChI is InChI=1S/C15H24N2O2S/c1-12-6-7-13(11-16-3)10-14(12)20(18,19)17-15(2)8-4-5-9-15/h6-7,10,16-17H,4-5,8-9,11H2,1-3H3. The highest BCUT2D eigenvalue weighted by molar-refractivity contribution is 7.89. The Hall–Kier alpha value is -0.910. The Bertz CT molecular complexity index is 576. The van der Waals surface area contributed by atoms with Crippen molar-refractivity contribution in [2.24, 2.45) is 0 Å². The van der Waals surface area contributed by atoms with Gasteiger partial charge in [0.2, 0.25) is 10.0 Å². The molecule has 0 aliphatic heterocycles. The third-order valence-corrected chi connectivity index (χ3v) is 5.79. The Kier molecular flexibility index (Phi) is 4.52. The third kappa shape index (κ3) is 3.40. The summed E-state index contributed by atoms with van der Waals surface area (Å²) in [4.78, 5) is 0.401. The van der Waals surface area contributed by atoms with Crippen LogP contribution in [0, 0.1) is 6.92 Å². The van der Waals surface area contributed by atoms with Gasteiger partial charge in [-0.2, -0.15) is 0 Å². The number of rotatable bonds is 5. The monoisotopic (exact) mass is 296 g/mol. The molecule has 0 amide bonds. The van der Waals surface area contributed by atoms with Gasteiger partial charge in [-0.05, 0) is 50.9 Å². The van der Waals surface area contributed by atoms with E-state index in [9.17, 15) is 8.42 Å². The zero-order chi connectivity index (χ0) is 14.8. The van der Waals surface area contributed by atoms with Gasteiger partial charge in [-0.3, -0.25) is 0 Å². The first kappa shape index (κ1) is 15.5. The van der Waals surface area contributed by atoms with Crippen molar-refractivity contribution in [3.63, 3.8) is 0 Å². The van der Waals surface area contributed by atoms with Crippen LogP contribution in [0.2, 0.25) is 0 Å². The Labute approximate surface area is 122 Å². The molecule has 0 unspecified atom stereocenters. The molecule has 20 heavy (non-hydrogen) atoms. The molecule has 1 aliphatic rings. The molecule has 1 fully saturated rings. The molecule has 1 aliphatic carbocycles. The zero-order valence-electron chi connectivity index (χ0n) is 12.5. The summed E-state index contributed by atoms with van der Waals surface area (Å²) in [6.45, 7) is 4.51. The van der Waals surface area contributed by atoms with E-state index < -0.39 is 10.0 Å². The highest BCUT2D eigenvalue weighted by Gasteiger charge is 2.34. The lowest BCUT2D eigenvalue weighted by Crippen LogP contribution is -2.43. The highest BCUT2D eigenvalue weighted by Crippen LogP contribution is 2.31. The quantitative estimate of drug-likeness (QED) is 0.877. The summed E-state index contributed by atoms with van der Waals surface area (Å²) in [6, 6.07) is 5.60. The minimum atomic E-state index is -3.45. The van der Waals surface area contributed by atoms with Crippen LogP contribution in [0.25, 0.3) is 0 Å². The summed E-state index contributed by atoms with van der Waals surface area (Å²) in [5.74, 6) is 0. The second-order valence-electron chi connectivity index (χ2n) is 6.00. The molecule has 0 atom stereocenters. The van der Waals surface area contributed by atoms with E-state index in [1.54, 1.807) is 6.07 Å². The lowest BCUT2D eigenvalue weighted by Gasteiger charge is -2.25. The van der Waals surface area contributed by atoms with Crippen LogP contribution in [-0.4, -0.2) is 21.0 Å². The molecule has 112 valence electrons. The maximum atomic E-state index is 12.6. The Morgan fingerprint density at radius 1 is 1.25 bits per heavy atom. The smallest absolute Gasteiger partial charge is 0.241 e. The van der Waals surface area contributed by atoms with E-state index in [0.29, 0.717) is 11.4 Å². The van der Waals surface area contributed by atoms with Gasteiger partial charge in [0, 0.05) is 12.1 Å². The van der Waals surface area contributed by atoms with Gasteiger partial charge in [-0.1, -0.05) is 25.0 Å². The fourth-order valence-corrected chi connectivity index (χ4v) is 4.65. The molecule has 0 heterocycles. The van der Waals surface area contributed by atoms with Gasteiger partial charge in [0.05, 0.1) is 4.90 Å². The molecular formula is C15H24N2O2S. The molecule has 0 radical (unpaired) electrons. The van der Waals surface area contributed by atoms with Crippen molar-refractivity contribution in [1.29, 1.82) is 0 Å². The van der Waals surface area contributed by atoms with Gasteiger partial charge >= 0.3 is 0 Å². The summed E-state index contributed by atoms with van der Waals surface area (Å²) in [6.07, 6.45) is 4.03. The topological polar surface area (TPSA) is 58.2 Å². The van der Waals surface area contributed by atoms with Crippen LogP contribution >= 0.6 is 0 Å². The predicted molar refractivity (Wildman–Crippen MR) is 81.1 cm³/mol. The second-order valence-corrected chi connectivity index (χ2v) is 7.65. The molecular weight excluding hydrogens is 272 g/mol. The maximum absolute atomic E-state index is 12.6. The van der Waals surface area contributed by atoms with E-state index in [1.807, 2.05) is 33.0 Å². The van der Waals surface area contributed by atoms with Crippen molar-refractivity contribution in [3.05, 3.63) is 29.3 Å². The third-order valence-electron chi connectivity index (χ3n) is 4.01. The second kappa shape index (κ2) is 5.84. The van der Waals surface area contributed by atoms with Gasteiger partial charge in [0.25, 0.3) is 0 Å². The van der Waals surface area contributed by atoms with E-state index in [4.69, 9.17) is 0 Å². The van der Waals surface area contributed by atoms with Crippen molar-refractivity contribution in [1.82, 2.24) is 10.0 Å². The molecule has 0 saturated heterocycles. The van der Waals surface area contributed by atoms with Crippen LogP contribution in [0.15, 0.2) is 23.1 Å². The van der Waals surface area contributed by atoms with Crippen LogP contribution in [0.4, 0.5) is 0 Å². The minimum Gasteiger partial charge on any atom is -0.316 e. The molecule has 0 bridgehead atoms. The largest absolute Gasteiger partial charge is 0.316 e. The molecule has 5 heteroatoms. The van der Waals surface area contributed by atoms with Crippen molar-refractivity contribution >= 4 is 10.0 Å². The van der Waals surface area contributed by atoms with E-state index in [-0.39, 0.29) is 5.54 Å². The van der Waals surface area contributed by atoms with E-state index in [2.05, 4.69) is 10.0 Å². The Morgan fingerprint density at radius 3 is 2.50 bits per heavy atom. The highest BCUT2D eigenvalue weighted by atomic mass is 32.2. The van der Waals surface area contributed by atoms with Crippen molar-refractivity contribution in [3.8, 4) is 0 Å². The first-order valence-corrected chi connectivity index (χ1v) is 8.63. The van der Waals surface area contributed by atoms with Crippen LogP contribution < -0.4 is 10.0 Å². The van der Waals surface area contributed by atoms with Gasteiger partial charge < -0.3 is 5.32 Å². The Morgan fingerprint density at radius 2 is 1.90 bits per heavy atom. The summed E-state index contributed by atoms with van der Waals surface area (Å²) >= 11 is 0. The van der Waals surface area contributed by atoms with E-state index in [0.717, 1.165) is 36.8 Å². The molecule has 2 rings (SSSR count). The summed E-state index contributed by atoms with van der Waals surface area (Å²) in [5.41, 5.74) is 1.48. The van der Waals surface area contributed by atoms with Crippen molar-refractivity contribution in [2.75, 3.05) is 7.05 Å². The number of aryl methyl sites for hydroxylation is 1. The van der Waals surface area contributed by atoms with E-state index >= 15 is 0 Å². The van der Waals surface area contributed by atoms with Crippen LogP contribution in [-0.2, 0) is 16.6 Å². The molecule has 4 nitrogen and oxygen atoms in total. The lowest BCUT2D eigenvalue weighted by molar-refractivity contribution is 0.427. The molecule has 0 aromatic heterocycles. The predicted octanol–water partition coefficient (Wildman–Crippen LogP) is 2.33. The first-order valence-electron chi connectivity index (χ1n) is 7.14. The van der Waals surface area contributed by atoms with Crippen molar-refractivity contribution in [2.45, 2.75) is 56.5 Å². The lowest BCUT2D eigenvalue weighted by atomic mass is 10.0. The van der Waals surface area contributed by atoms with Crippen LogP contribution in [0.3, 0.4) is 0 Å². The number of nitrogens with one attached hydrogen (secondary N) is 2. The first-order chi connectivity index (χ1) is 9.36. The minimum absolute atomic E-state index is 0.287.